The third-order valence-electron chi connectivity index (χ3n) is 2.75. The van der Waals surface area contributed by atoms with Crippen molar-refractivity contribution in [2.75, 3.05) is 0 Å². The Morgan fingerprint density at radius 1 is 1.16 bits per heavy atom. The van der Waals surface area contributed by atoms with E-state index in [0.29, 0.717) is 0 Å². The molecule has 0 aromatic heterocycles. The maximum atomic E-state index is 4.54. The van der Waals surface area contributed by atoms with Gasteiger partial charge in [0.15, 0.2) is 0 Å². The Hall–Kier alpha value is -2.15. The van der Waals surface area contributed by atoms with Crippen LogP contribution in [-0.4, -0.2) is 6.21 Å². The van der Waals surface area contributed by atoms with Gasteiger partial charge in [0.25, 0.3) is 0 Å². The number of allylic oxidation sites excluding steroid dienone is 5. The van der Waals surface area contributed by atoms with Crippen molar-refractivity contribution in [1.29, 1.82) is 0 Å². The molecule has 19 heavy (non-hydrogen) atoms. The zero-order valence-corrected chi connectivity index (χ0v) is 11.5. The third-order valence-corrected chi connectivity index (χ3v) is 2.75. The molecular weight excluding hydrogens is 230 g/mol. The van der Waals surface area contributed by atoms with Gasteiger partial charge in [0.2, 0.25) is 0 Å². The molecule has 0 heterocycles. The van der Waals surface area contributed by atoms with Gasteiger partial charge in [0.1, 0.15) is 0 Å². The smallest absolute Gasteiger partial charge is 0.0696 e. The minimum atomic E-state index is 0.890. The molecule has 1 aromatic rings. The highest BCUT2D eigenvalue weighted by Gasteiger charge is 2.05. The van der Waals surface area contributed by atoms with Gasteiger partial charge in [-0.2, -0.15) is 0 Å². The standard InChI is InChI=1S/C18H21N/c1-4-7-9-12-16(6-3)18(19-15-5-2)17-13-10-8-11-14-17/h4-5,7-11,13-15H,1-2,6,12H2,3H3/b9-7-,18-16+,19-15?. The average Bonchev–Trinajstić information content (AvgIpc) is 2.47. The lowest BCUT2D eigenvalue weighted by Crippen LogP contribution is -1.89. The van der Waals surface area contributed by atoms with Crippen molar-refractivity contribution in [3.05, 3.63) is 78.9 Å². The van der Waals surface area contributed by atoms with Crippen molar-refractivity contribution in [1.82, 2.24) is 0 Å². The molecule has 0 radical (unpaired) electrons. The molecule has 0 unspecified atom stereocenters. The number of benzene rings is 1. The molecule has 0 N–H and O–H groups in total. The Bertz CT molecular complexity index is 490. The molecule has 1 rings (SSSR count). The van der Waals surface area contributed by atoms with Crippen LogP contribution in [-0.2, 0) is 0 Å². The highest BCUT2D eigenvalue weighted by atomic mass is 14.7. The normalized spacial score (nSPS) is 12.7. The Labute approximate surface area is 116 Å². The molecule has 98 valence electrons. The quantitative estimate of drug-likeness (QED) is 0.466. The second kappa shape index (κ2) is 8.87. The van der Waals surface area contributed by atoms with E-state index in [1.165, 1.54) is 5.57 Å². The molecule has 0 bridgehead atoms. The number of nitrogens with zero attached hydrogens (tertiary/aromatic N) is 1. The van der Waals surface area contributed by atoms with Crippen LogP contribution in [0.1, 0.15) is 25.3 Å². The van der Waals surface area contributed by atoms with Gasteiger partial charge in [-0.15, -0.1) is 0 Å². The van der Waals surface area contributed by atoms with Gasteiger partial charge in [-0.1, -0.05) is 74.7 Å². The molecule has 0 saturated heterocycles. The van der Waals surface area contributed by atoms with E-state index in [2.05, 4.69) is 43.3 Å². The first-order valence-electron chi connectivity index (χ1n) is 6.53. The number of hydrogen-bond acceptors (Lipinski definition) is 1. The average molecular weight is 251 g/mol. The molecular formula is C18H21N. The van der Waals surface area contributed by atoms with Crippen LogP contribution in [0.5, 0.6) is 0 Å². The van der Waals surface area contributed by atoms with E-state index >= 15 is 0 Å². The fourth-order valence-corrected chi connectivity index (χ4v) is 1.81. The van der Waals surface area contributed by atoms with E-state index in [1.54, 1.807) is 18.4 Å². The maximum absolute atomic E-state index is 4.54. The largest absolute Gasteiger partial charge is 0.256 e. The Morgan fingerprint density at radius 3 is 2.47 bits per heavy atom. The number of aliphatic imine (C=N–C) groups is 1. The summed E-state index contributed by atoms with van der Waals surface area (Å²) in [5, 5.41) is 0. The van der Waals surface area contributed by atoms with Gasteiger partial charge in [-0.25, -0.2) is 0 Å². The van der Waals surface area contributed by atoms with E-state index in [-0.39, 0.29) is 0 Å². The molecule has 1 heteroatoms. The molecule has 0 spiro atoms. The first kappa shape index (κ1) is 14.9. The summed E-state index contributed by atoms with van der Waals surface area (Å²) in [5.41, 5.74) is 3.49. The molecule has 0 aliphatic heterocycles. The van der Waals surface area contributed by atoms with Crippen molar-refractivity contribution >= 4 is 11.9 Å². The lowest BCUT2D eigenvalue weighted by molar-refractivity contribution is 1.03. The second-order valence-electron chi connectivity index (χ2n) is 4.05. The molecule has 0 saturated carbocycles. The fraction of sp³-hybridized carbons (Fsp3) is 0.167. The van der Waals surface area contributed by atoms with Crippen molar-refractivity contribution in [3.8, 4) is 0 Å². The lowest BCUT2D eigenvalue weighted by Gasteiger charge is -2.09. The van der Waals surface area contributed by atoms with Crippen LogP contribution >= 0.6 is 0 Å². The van der Waals surface area contributed by atoms with Crippen LogP contribution < -0.4 is 0 Å². The SMILES string of the molecule is C=CC=N/C(=C(\CC)C/C=C\C=C)c1ccccc1. The van der Waals surface area contributed by atoms with Crippen molar-refractivity contribution in [2.24, 2.45) is 4.99 Å². The van der Waals surface area contributed by atoms with Crippen LogP contribution in [0.3, 0.4) is 0 Å². The molecule has 0 fully saturated rings. The molecule has 0 amide bonds. The highest BCUT2D eigenvalue weighted by molar-refractivity contribution is 5.80. The van der Waals surface area contributed by atoms with E-state index in [1.807, 2.05) is 24.3 Å². The predicted molar refractivity (Wildman–Crippen MR) is 86.3 cm³/mol. The highest BCUT2D eigenvalue weighted by Crippen LogP contribution is 2.24. The van der Waals surface area contributed by atoms with Crippen LogP contribution in [0, 0.1) is 0 Å². The van der Waals surface area contributed by atoms with Crippen LogP contribution in [0.4, 0.5) is 0 Å². The zero-order chi connectivity index (χ0) is 13.9. The summed E-state index contributed by atoms with van der Waals surface area (Å²) >= 11 is 0. The van der Waals surface area contributed by atoms with Crippen molar-refractivity contribution in [3.63, 3.8) is 0 Å². The minimum Gasteiger partial charge on any atom is -0.256 e. The van der Waals surface area contributed by atoms with Gasteiger partial charge in [0, 0.05) is 11.8 Å². The van der Waals surface area contributed by atoms with Gasteiger partial charge in [-0.3, -0.25) is 4.99 Å². The minimum absolute atomic E-state index is 0.890. The monoisotopic (exact) mass is 251 g/mol. The molecule has 0 atom stereocenters. The first-order valence-corrected chi connectivity index (χ1v) is 6.53. The molecule has 0 aliphatic rings. The molecule has 1 aromatic carbocycles. The topological polar surface area (TPSA) is 12.4 Å². The van der Waals surface area contributed by atoms with E-state index < -0.39 is 0 Å². The van der Waals surface area contributed by atoms with Crippen molar-refractivity contribution < 1.29 is 0 Å². The summed E-state index contributed by atoms with van der Waals surface area (Å²) < 4.78 is 0. The van der Waals surface area contributed by atoms with Crippen LogP contribution in [0.15, 0.2) is 78.4 Å². The maximum Gasteiger partial charge on any atom is 0.0696 e. The lowest BCUT2D eigenvalue weighted by atomic mass is 10.0. The first-order chi connectivity index (χ1) is 9.33. The summed E-state index contributed by atoms with van der Waals surface area (Å²) in [6.45, 7) is 9.53. The zero-order valence-electron chi connectivity index (χ0n) is 11.5. The summed E-state index contributed by atoms with van der Waals surface area (Å²) in [6.07, 6.45) is 11.2. The fourth-order valence-electron chi connectivity index (χ4n) is 1.81. The van der Waals surface area contributed by atoms with E-state index in [4.69, 9.17) is 0 Å². The van der Waals surface area contributed by atoms with Gasteiger partial charge < -0.3 is 0 Å². The van der Waals surface area contributed by atoms with Crippen molar-refractivity contribution in [2.45, 2.75) is 19.8 Å². The molecule has 1 nitrogen and oxygen atoms in total. The van der Waals surface area contributed by atoms with Gasteiger partial charge in [0.05, 0.1) is 5.70 Å². The van der Waals surface area contributed by atoms with Crippen LogP contribution in [0.2, 0.25) is 0 Å². The number of rotatable bonds is 7. The summed E-state index contributed by atoms with van der Waals surface area (Å²) in [4.78, 5) is 4.54. The summed E-state index contributed by atoms with van der Waals surface area (Å²) in [7, 11) is 0. The van der Waals surface area contributed by atoms with Gasteiger partial charge >= 0.3 is 0 Å². The Morgan fingerprint density at radius 2 is 1.89 bits per heavy atom. The van der Waals surface area contributed by atoms with E-state index in [0.717, 1.165) is 24.1 Å². The second-order valence-corrected chi connectivity index (χ2v) is 4.05. The summed E-state index contributed by atoms with van der Waals surface area (Å²) in [6, 6.07) is 10.3. The third kappa shape index (κ3) is 4.92. The molecule has 0 aliphatic carbocycles. The predicted octanol–water partition coefficient (Wildman–Crippen LogP) is 5.20. The summed E-state index contributed by atoms with van der Waals surface area (Å²) in [5.74, 6) is 0. The Balaban J connectivity index is 3.18. The Kier molecular flexibility index (Phi) is 6.96. The van der Waals surface area contributed by atoms with E-state index in [9.17, 15) is 0 Å². The van der Waals surface area contributed by atoms with Gasteiger partial charge in [-0.05, 0) is 18.4 Å². The van der Waals surface area contributed by atoms with Crippen LogP contribution in [0.25, 0.3) is 5.70 Å². The number of hydrogen-bond donors (Lipinski definition) is 0.